The summed E-state index contributed by atoms with van der Waals surface area (Å²) in [6, 6.07) is 1.19. The van der Waals surface area contributed by atoms with Gasteiger partial charge in [-0.15, -0.1) is 0 Å². The molecule has 2 nitrogen and oxygen atoms in total. The number of hydrogen-bond acceptors (Lipinski definition) is 1. The molecule has 2 aliphatic rings. The molecule has 2 rings (SSSR count). The maximum absolute atomic E-state index is 11.7. The molecule has 2 heteroatoms. The van der Waals surface area contributed by atoms with Crippen molar-refractivity contribution in [2.75, 3.05) is 0 Å². The molecule has 2 fully saturated rings. The van der Waals surface area contributed by atoms with Crippen LogP contribution in [-0.2, 0) is 4.79 Å². The predicted molar refractivity (Wildman–Crippen MR) is 52.4 cm³/mol. The highest BCUT2D eigenvalue weighted by molar-refractivity contribution is 5.76. The summed E-state index contributed by atoms with van der Waals surface area (Å²) in [6.07, 6.45) is 8.37. The Hall–Kier alpha value is -0.530. The molecule has 0 aromatic heterocycles. The minimum atomic E-state index is 0.384. The molecule has 0 spiro atoms. The molecule has 0 aliphatic carbocycles. The second-order valence-electron chi connectivity index (χ2n) is 4.32. The maximum Gasteiger partial charge on any atom is 0.222 e. The molecule has 2 heterocycles. The molecular formula is C11H19NO. The van der Waals surface area contributed by atoms with Crippen LogP contribution in [0.3, 0.4) is 0 Å². The number of amides is 1. The van der Waals surface area contributed by atoms with Crippen LogP contribution in [0.25, 0.3) is 0 Å². The van der Waals surface area contributed by atoms with Gasteiger partial charge >= 0.3 is 0 Å². The number of carbonyl (C=O) groups excluding carboxylic acids is 1. The zero-order valence-electron chi connectivity index (χ0n) is 8.46. The van der Waals surface area contributed by atoms with E-state index < -0.39 is 0 Å². The predicted octanol–water partition coefficient (Wildman–Crippen LogP) is 2.33. The van der Waals surface area contributed by atoms with Crippen LogP contribution in [0, 0.1) is 0 Å². The second kappa shape index (κ2) is 3.69. The average molecular weight is 181 g/mol. The molecule has 2 bridgehead atoms. The van der Waals surface area contributed by atoms with E-state index in [1.165, 1.54) is 38.5 Å². The van der Waals surface area contributed by atoms with E-state index in [0.717, 1.165) is 0 Å². The summed E-state index contributed by atoms with van der Waals surface area (Å²) in [7, 11) is 0. The number of hydrogen-bond donors (Lipinski definition) is 0. The van der Waals surface area contributed by atoms with Gasteiger partial charge < -0.3 is 4.90 Å². The topological polar surface area (TPSA) is 20.3 Å². The van der Waals surface area contributed by atoms with Gasteiger partial charge in [0.05, 0.1) is 0 Å². The van der Waals surface area contributed by atoms with E-state index in [2.05, 4.69) is 4.90 Å². The number of nitrogens with zero attached hydrogens (tertiary/aromatic N) is 1. The van der Waals surface area contributed by atoms with E-state index in [1.807, 2.05) is 6.92 Å². The summed E-state index contributed by atoms with van der Waals surface area (Å²) in [4.78, 5) is 13.9. The monoisotopic (exact) mass is 181 g/mol. The van der Waals surface area contributed by atoms with Crippen LogP contribution in [0.5, 0.6) is 0 Å². The van der Waals surface area contributed by atoms with Gasteiger partial charge in [-0.3, -0.25) is 4.79 Å². The Balaban J connectivity index is 2.10. The van der Waals surface area contributed by atoms with E-state index in [0.29, 0.717) is 24.4 Å². The first-order valence-electron chi connectivity index (χ1n) is 5.64. The average Bonchev–Trinajstić information content (AvgIpc) is 2.15. The number of fused-ring (bicyclic) bond motifs is 2. The molecule has 74 valence electrons. The highest BCUT2D eigenvalue weighted by Gasteiger charge is 2.35. The van der Waals surface area contributed by atoms with Crippen LogP contribution in [0.2, 0.25) is 0 Å². The van der Waals surface area contributed by atoms with Crippen LogP contribution in [0.1, 0.15) is 51.9 Å². The van der Waals surface area contributed by atoms with E-state index in [4.69, 9.17) is 0 Å². The van der Waals surface area contributed by atoms with Gasteiger partial charge in [-0.25, -0.2) is 0 Å². The third-order valence-electron chi connectivity index (χ3n) is 3.53. The molecule has 2 aliphatic heterocycles. The Kier molecular flexibility index (Phi) is 2.56. The minimum absolute atomic E-state index is 0.384. The van der Waals surface area contributed by atoms with E-state index in [-0.39, 0.29) is 0 Å². The van der Waals surface area contributed by atoms with Gasteiger partial charge in [-0.1, -0.05) is 6.92 Å². The number of carbonyl (C=O) groups is 1. The molecule has 0 atom stereocenters. The number of piperidine rings is 2. The molecule has 0 saturated carbocycles. The first-order chi connectivity index (χ1) is 6.33. The lowest BCUT2D eigenvalue weighted by Gasteiger charge is -2.46. The molecule has 13 heavy (non-hydrogen) atoms. The Morgan fingerprint density at radius 1 is 1.15 bits per heavy atom. The molecule has 0 radical (unpaired) electrons. The Morgan fingerprint density at radius 2 is 1.62 bits per heavy atom. The lowest BCUT2D eigenvalue weighted by atomic mass is 9.84. The van der Waals surface area contributed by atoms with Crippen LogP contribution in [0.15, 0.2) is 0 Å². The van der Waals surface area contributed by atoms with Crippen molar-refractivity contribution < 1.29 is 4.79 Å². The van der Waals surface area contributed by atoms with E-state index in [1.54, 1.807) is 0 Å². The van der Waals surface area contributed by atoms with Crippen molar-refractivity contribution in [2.45, 2.75) is 64.0 Å². The summed E-state index contributed by atoms with van der Waals surface area (Å²) in [5, 5.41) is 0. The normalized spacial score (nSPS) is 33.2. The number of rotatable bonds is 1. The largest absolute Gasteiger partial charge is 0.337 e. The summed E-state index contributed by atoms with van der Waals surface area (Å²) in [5.74, 6) is 0.384. The standard InChI is InChI=1S/C11H19NO/c1-2-11(13)12-9-5-3-6-10(12)8-4-7-9/h9-10H,2-8H2,1H3. The van der Waals surface area contributed by atoms with Gasteiger partial charge in [-0.05, 0) is 38.5 Å². The highest BCUT2D eigenvalue weighted by atomic mass is 16.2. The van der Waals surface area contributed by atoms with E-state index in [9.17, 15) is 4.79 Å². The molecule has 0 aromatic carbocycles. The third kappa shape index (κ3) is 1.59. The van der Waals surface area contributed by atoms with Crippen molar-refractivity contribution in [1.29, 1.82) is 0 Å². The van der Waals surface area contributed by atoms with Crippen molar-refractivity contribution >= 4 is 5.91 Å². The Morgan fingerprint density at radius 3 is 2.00 bits per heavy atom. The van der Waals surface area contributed by atoms with Crippen LogP contribution in [-0.4, -0.2) is 22.9 Å². The van der Waals surface area contributed by atoms with Gasteiger partial charge in [0.2, 0.25) is 5.91 Å². The summed E-state index contributed by atoms with van der Waals surface area (Å²) < 4.78 is 0. The Labute approximate surface area is 80.3 Å². The van der Waals surface area contributed by atoms with Crippen molar-refractivity contribution in [3.8, 4) is 0 Å². The maximum atomic E-state index is 11.7. The fourth-order valence-corrected chi connectivity index (χ4v) is 2.91. The highest BCUT2D eigenvalue weighted by Crippen LogP contribution is 2.33. The molecule has 1 amide bonds. The van der Waals surface area contributed by atoms with Crippen molar-refractivity contribution in [2.24, 2.45) is 0 Å². The van der Waals surface area contributed by atoms with Crippen molar-refractivity contribution in [3.63, 3.8) is 0 Å². The molecule has 0 unspecified atom stereocenters. The van der Waals surface area contributed by atoms with Crippen LogP contribution in [0.4, 0.5) is 0 Å². The lowest BCUT2D eigenvalue weighted by molar-refractivity contribution is -0.140. The third-order valence-corrected chi connectivity index (χ3v) is 3.53. The lowest BCUT2D eigenvalue weighted by Crippen LogP contribution is -2.52. The second-order valence-corrected chi connectivity index (χ2v) is 4.32. The Bertz CT molecular complexity index is 180. The van der Waals surface area contributed by atoms with Crippen molar-refractivity contribution in [3.05, 3.63) is 0 Å². The summed E-state index contributed by atoms with van der Waals surface area (Å²) in [5.41, 5.74) is 0. The van der Waals surface area contributed by atoms with Gasteiger partial charge in [0, 0.05) is 18.5 Å². The molecule has 0 N–H and O–H groups in total. The smallest absolute Gasteiger partial charge is 0.222 e. The van der Waals surface area contributed by atoms with Crippen LogP contribution < -0.4 is 0 Å². The fourth-order valence-electron chi connectivity index (χ4n) is 2.91. The van der Waals surface area contributed by atoms with Gasteiger partial charge in [0.25, 0.3) is 0 Å². The first-order valence-corrected chi connectivity index (χ1v) is 5.64. The van der Waals surface area contributed by atoms with E-state index >= 15 is 0 Å². The minimum Gasteiger partial charge on any atom is -0.337 e. The SMILES string of the molecule is CCC(=O)N1C2CCCC1CCC2. The molecule has 0 aromatic rings. The first kappa shape index (κ1) is 9.04. The van der Waals surface area contributed by atoms with Gasteiger partial charge in [0.1, 0.15) is 0 Å². The fraction of sp³-hybridized carbons (Fsp3) is 0.909. The summed E-state index contributed by atoms with van der Waals surface area (Å²) in [6.45, 7) is 1.98. The van der Waals surface area contributed by atoms with Crippen molar-refractivity contribution in [1.82, 2.24) is 4.90 Å². The van der Waals surface area contributed by atoms with Gasteiger partial charge in [-0.2, -0.15) is 0 Å². The van der Waals surface area contributed by atoms with Crippen LogP contribution >= 0.6 is 0 Å². The molecular weight excluding hydrogens is 162 g/mol. The van der Waals surface area contributed by atoms with Gasteiger partial charge in [0.15, 0.2) is 0 Å². The molecule has 2 saturated heterocycles. The zero-order chi connectivity index (χ0) is 9.26. The zero-order valence-corrected chi connectivity index (χ0v) is 8.46. The quantitative estimate of drug-likeness (QED) is 0.608. The summed E-state index contributed by atoms with van der Waals surface area (Å²) >= 11 is 0.